The molecule has 30 heavy (non-hydrogen) atoms. The Hall–Kier alpha value is -2.37. The first-order valence-corrected chi connectivity index (χ1v) is 11.0. The number of rotatable bonds is 7. The second-order valence-electron chi connectivity index (χ2n) is 9.56. The van der Waals surface area contributed by atoms with Gasteiger partial charge in [-0.25, -0.2) is 0 Å². The molecule has 3 amide bonds. The van der Waals surface area contributed by atoms with E-state index in [0.29, 0.717) is 44.5 Å². The molecule has 1 aromatic carbocycles. The van der Waals surface area contributed by atoms with Crippen molar-refractivity contribution in [2.24, 2.45) is 11.3 Å². The minimum Gasteiger partial charge on any atom is -0.354 e. The predicted molar refractivity (Wildman–Crippen MR) is 119 cm³/mol. The molecule has 2 N–H and O–H groups in total. The first-order valence-electron chi connectivity index (χ1n) is 11.0. The fourth-order valence-electron chi connectivity index (χ4n) is 3.73. The van der Waals surface area contributed by atoms with Crippen LogP contribution in [0.5, 0.6) is 0 Å². The van der Waals surface area contributed by atoms with Gasteiger partial charge in [-0.15, -0.1) is 0 Å². The second-order valence-corrected chi connectivity index (χ2v) is 9.56. The van der Waals surface area contributed by atoms with E-state index in [1.54, 1.807) is 12.1 Å². The zero-order chi connectivity index (χ0) is 22.3. The van der Waals surface area contributed by atoms with Crippen LogP contribution in [0, 0.1) is 18.3 Å². The third kappa shape index (κ3) is 7.15. The summed E-state index contributed by atoms with van der Waals surface area (Å²) in [4.78, 5) is 40.0. The van der Waals surface area contributed by atoms with Crippen LogP contribution in [0.15, 0.2) is 24.3 Å². The number of hydrogen-bond acceptors (Lipinski definition) is 3. The van der Waals surface area contributed by atoms with Crippen LogP contribution in [0.2, 0.25) is 0 Å². The molecular formula is C24H37N3O3. The molecule has 166 valence electrons. The average Bonchev–Trinajstić information content (AvgIpc) is 2.69. The van der Waals surface area contributed by atoms with E-state index in [2.05, 4.69) is 31.4 Å². The molecule has 0 aromatic heterocycles. The van der Waals surface area contributed by atoms with Crippen molar-refractivity contribution in [3.8, 4) is 0 Å². The summed E-state index contributed by atoms with van der Waals surface area (Å²) in [6.45, 7) is 12.0. The van der Waals surface area contributed by atoms with Crippen molar-refractivity contribution in [3.63, 3.8) is 0 Å². The molecule has 1 aromatic rings. The summed E-state index contributed by atoms with van der Waals surface area (Å²) < 4.78 is 0. The van der Waals surface area contributed by atoms with Gasteiger partial charge in [-0.05, 0) is 49.7 Å². The number of piperidine rings is 1. The van der Waals surface area contributed by atoms with Crippen LogP contribution in [-0.2, 0) is 9.59 Å². The quantitative estimate of drug-likeness (QED) is 0.717. The first kappa shape index (κ1) is 23.9. The molecule has 1 heterocycles. The Morgan fingerprint density at radius 3 is 2.23 bits per heavy atom. The van der Waals surface area contributed by atoms with E-state index in [-0.39, 0.29) is 29.1 Å². The lowest BCUT2D eigenvalue weighted by molar-refractivity contribution is -0.134. The Bertz CT molecular complexity index is 729. The standard InChI is InChI=1S/C24H37N3O3/c1-6-13-25-23(30)21(26-22(29)19-9-7-17(2)8-10-19)18-11-14-27(15-12-18)20(28)16-24(3,4)5/h7-10,18,21H,6,11-16H2,1-5H3,(H,25,30)(H,26,29). The molecule has 6 nitrogen and oxygen atoms in total. The lowest BCUT2D eigenvalue weighted by Crippen LogP contribution is -2.54. The van der Waals surface area contributed by atoms with Gasteiger partial charge >= 0.3 is 0 Å². The van der Waals surface area contributed by atoms with Crippen molar-refractivity contribution >= 4 is 17.7 Å². The second kappa shape index (κ2) is 10.6. The molecule has 0 spiro atoms. The van der Waals surface area contributed by atoms with Gasteiger partial charge in [0, 0.05) is 31.6 Å². The highest BCUT2D eigenvalue weighted by Gasteiger charge is 2.34. The zero-order valence-corrected chi connectivity index (χ0v) is 19.1. The van der Waals surface area contributed by atoms with Crippen molar-refractivity contribution < 1.29 is 14.4 Å². The molecule has 2 rings (SSSR count). The molecule has 1 saturated heterocycles. The number of amides is 3. The Morgan fingerprint density at radius 1 is 1.10 bits per heavy atom. The molecule has 0 bridgehead atoms. The van der Waals surface area contributed by atoms with Crippen LogP contribution >= 0.6 is 0 Å². The monoisotopic (exact) mass is 415 g/mol. The summed E-state index contributed by atoms with van der Waals surface area (Å²) in [7, 11) is 0. The topological polar surface area (TPSA) is 78.5 Å². The number of benzene rings is 1. The maximum absolute atomic E-state index is 12.8. The van der Waals surface area contributed by atoms with E-state index in [9.17, 15) is 14.4 Å². The summed E-state index contributed by atoms with van der Waals surface area (Å²) in [6, 6.07) is 6.74. The number of nitrogens with zero attached hydrogens (tertiary/aromatic N) is 1. The molecule has 0 saturated carbocycles. The maximum atomic E-state index is 12.8. The highest BCUT2D eigenvalue weighted by Crippen LogP contribution is 2.25. The fraction of sp³-hybridized carbons (Fsp3) is 0.625. The number of hydrogen-bond donors (Lipinski definition) is 2. The largest absolute Gasteiger partial charge is 0.354 e. The molecule has 1 fully saturated rings. The summed E-state index contributed by atoms with van der Waals surface area (Å²) in [5.74, 6) is -0.207. The van der Waals surface area contributed by atoms with Crippen LogP contribution in [0.25, 0.3) is 0 Å². The molecule has 0 aliphatic carbocycles. The Morgan fingerprint density at radius 2 is 1.70 bits per heavy atom. The summed E-state index contributed by atoms with van der Waals surface area (Å²) in [5.41, 5.74) is 1.58. The van der Waals surface area contributed by atoms with E-state index < -0.39 is 6.04 Å². The first-order chi connectivity index (χ1) is 14.1. The Labute approximate surface area is 180 Å². The smallest absolute Gasteiger partial charge is 0.251 e. The van der Waals surface area contributed by atoms with Crippen LogP contribution in [0.1, 0.15) is 69.3 Å². The number of likely N-dealkylation sites (tertiary alicyclic amines) is 1. The molecule has 1 aliphatic heterocycles. The highest BCUT2D eigenvalue weighted by atomic mass is 16.2. The van der Waals surface area contributed by atoms with E-state index in [4.69, 9.17) is 0 Å². The van der Waals surface area contributed by atoms with Gasteiger partial charge in [0.05, 0.1) is 0 Å². The Kier molecular flexibility index (Phi) is 8.44. The fourth-order valence-corrected chi connectivity index (χ4v) is 3.73. The predicted octanol–water partition coefficient (Wildman–Crippen LogP) is 3.29. The van der Waals surface area contributed by atoms with Gasteiger partial charge in [-0.2, -0.15) is 0 Å². The molecular weight excluding hydrogens is 378 g/mol. The number of carbonyl (C=O) groups excluding carboxylic acids is 3. The minimum atomic E-state index is -0.592. The van der Waals surface area contributed by atoms with Crippen molar-refractivity contribution in [2.45, 2.75) is 66.3 Å². The lowest BCUT2D eigenvalue weighted by atomic mass is 9.87. The van der Waals surface area contributed by atoms with E-state index in [0.717, 1.165) is 12.0 Å². The lowest BCUT2D eigenvalue weighted by Gasteiger charge is -2.36. The SMILES string of the molecule is CCCNC(=O)C(NC(=O)c1ccc(C)cc1)C1CCN(C(=O)CC(C)(C)C)CC1. The Balaban J connectivity index is 2.04. The van der Waals surface area contributed by atoms with Gasteiger partial charge in [0.2, 0.25) is 11.8 Å². The van der Waals surface area contributed by atoms with Crippen LogP contribution in [0.4, 0.5) is 0 Å². The molecule has 6 heteroatoms. The molecule has 1 aliphatic rings. The van der Waals surface area contributed by atoms with E-state index in [1.807, 2.05) is 30.9 Å². The maximum Gasteiger partial charge on any atom is 0.251 e. The van der Waals surface area contributed by atoms with Gasteiger partial charge in [0.1, 0.15) is 6.04 Å². The summed E-state index contributed by atoms with van der Waals surface area (Å²) in [6.07, 6.45) is 2.76. The van der Waals surface area contributed by atoms with Crippen LogP contribution in [-0.4, -0.2) is 48.3 Å². The van der Waals surface area contributed by atoms with Crippen molar-refractivity contribution in [3.05, 3.63) is 35.4 Å². The van der Waals surface area contributed by atoms with E-state index >= 15 is 0 Å². The van der Waals surface area contributed by atoms with Crippen molar-refractivity contribution in [1.29, 1.82) is 0 Å². The zero-order valence-electron chi connectivity index (χ0n) is 19.1. The van der Waals surface area contributed by atoms with Gasteiger partial charge in [0.25, 0.3) is 5.91 Å². The summed E-state index contributed by atoms with van der Waals surface area (Å²) in [5, 5.41) is 5.89. The minimum absolute atomic E-state index is 0.00920. The van der Waals surface area contributed by atoms with Crippen LogP contribution in [0.3, 0.4) is 0 Å². The van der Waals surface area contributed by atoms with Crippen LogP contribution < -0.4 is 10.6 Å². The third-order valence-corrected chi connectivity index (χ3v) is 5.48. The number of aryl methyl sites for hydroxylation is 1. The average molecular weight is 416 g/mol. The van der Waals surface area contributed by atoms with Gasteiger partial charge < -0.3 is 15.5 Å². The third-order valence-electron chi connectivity index (χ3n) is 5.48. The van der Waals surface area contributed by atoms with Crippen molar-refractivity contribution in [2.75, 3.05) is 19.6 Å². The normalized spacial score (nSPS) is 16.1. The summed E-state index contributed by atoms with van der Waals surface area (Å²) >= 11 is 0. The van der Waals surface area contributed by atoms with Gasteiger partial charge in [-0.3, -0.25) is 14.4 Å². The highest BCUT2D eigenvalue weighted by molar-refractivity contribution is 5.97. The van der Waals surface area contributed by atoms with E-state index in [1.165, 1.54) is 0 Å². The molecule has 0 radical (unpaired) electrons. The number of carbonyl (C=O) groups is 3. The van der Waals surface area contributed by atoms with Crippen molar-refractivity contribution in [1.82, 2.24) is 15.5 Å². The van der Waals surface area contributed by atoms with Gasteiger partial charge in [0.15, 0.2) is 0 Å². The number of nitrogens with one attached hydrogen (secondary N) is 2. The molecule has 1 atom stereocenters. The molecule has 1 unspecified atom stereocenters. The van der Waals surface area contributed by atoms with Gasteiger partial charge in [-0.1, -0.05) is 45.4 Å².